The fourth-order valence-electron chi connectivity index (χ4n) is 6.98. The zero-order chi connectivity index (χ0) is 22.2. The van der Waals surface area contributed by atoms with Gasteiger partial charge in [-0.3, -0.25) is 4.79 Å². The first-order valence-corrected chi connectivity index (χ1v) is 12.0. The number of carbonyl (C=O) groups excluding carboxylic acids is 1. The molecule has 0 aliphatic heterocycles. The summed E-state index contributed by atoms with van der Waals surface area (Å²) in [5, 5.41) is 0. The summed E-state index contributed by atoms with van der Waals surface area (Å²) in [7, 11) is 0. The van der Waals surface area contributed by atoms with Gasteiger partial charge in [-0.05, 0) is 78.9 Å². The fourth-order valence-corrected chi connectivity index (χ4v) is 6.98. The van der Waals surface area contributed by atoms with Crippen LogP contribution < -0.4 is 0 Å². The maximum absolute atomic E-state index is 11.7. The van der Waals surface area contributed by atoms with Gasteiger partial charge in [0.1, 0.15) is 5.78 Å². The molecule has 4 rings (SSSR count). The first kappa shape index (κ1) is 22.3. The van der Waals surface area contributed by atoms with E-state index < -0.39 is 0 Å². The first-order chi connectivity index (χ1) is 14.7. The molecule has 1 fully saturated rings. The molecule has 1 unspecified atom stereocenters. The Labute approximate surface area is 188 Å². The van der Waals surface area contributed by atoms with E-state index in [1.807, 2.05) is 6.92 Å². The molecule has 31 heavy (non-hydrogen) atoms. The average Bonchev–Trinajstić information content (AvgIpc) is 2.72. The summed E-state index contributed by atoms with van der Waals surface area (Å²) in [4.78, 5) is 11.7. The lowest BCUT2D eigenvalue weighted by atomic mass is 9.46. The number of benzene rings is 2. The molecule has 2 heteroatoms. The van der Waals surface area contributed by atoms with E-state index >= 15 is 0 Å². The Morgan fingerprint density at radius 2 is 1.71 bits per heavy atom. The van der Waals surface area contributed by atoms with Crippen LogP contribution in [0.25, 0.3) is 0 Å². The van der Waals surface area contributed by atoms with Crippen LogP contribution in [0.15, 0.2) is 54.6 Å². The summed E-state index contributed by atoms with van der Waals surface area (Å²) in [6, 6.07) is 19.8. The molecule has 2 aromatic carbocycles. The molecule has 0 bridgehead atoms. The van der Waals surface area contributed by atoms with Gasteiger partial charge in [0.2, 0.25) is 0 Å². The van der Waals surface area contributed by atoms with Crippen molar-refractivity contribution in [3.8, 4) is 0 Å². The third-order valence-electron chi connectivity index (χ3n) is 8.38. The van der Waals surface area contributed by atoms with Gasteiger partial charge in [0, 0.05) is 6.42 Å². The zero-order valence-electron chi connectivity index (χ0n) is 19.9. The van der Waals surface area contributed by atoms with Crippen LogP contribution in [-0.4, -0.2) is 11.9 Å². The Balaban J connectivity index is 1.69. The molecule has 0 aromatic heterocycles. The average molecular weight is 419 g/mol. The van der Waals surface area contributed by atoms with Crippen LogP contribution in [0.1, 0.15) is 83.1 Å². The van der Waals surface area contributed by atoms with Crippen LogP contribution in [0.3, 0.4) is 0 Å². The number of hydrogen-bond acceptors (Lipinski definition) is 2. The second-order valence-corrected chi connectivity index (χ2v) is 10.8. The van der Waals surface area contributed by atoms with Gasteiger partial charge in [-0.1, -0.05) is 75.4 Å². The van der Waals surface area contributed by atoms with Crippen molar-refractivity contribution in [2.75, 3.05) is 0 Å². The smallest absolute Gasteiger partial charge is 0.132 e. The number of rotatable bonds is 6. The number of carbonyl (C=O) groups is 1. The standard InChI is InChI=1S/C29H38O2/c1-20(30)19-21(2)31-27(23-12-7-6-8-13-23)25-17-18-29(5)24-14-10-9-11-22(24)15-16-26(29)28(25,3)4/h6-14,21,25-27H,15-19H2,1-5H3/t21-,25-,26?,27+,29-/m1/s1. The Bertz CT molecular complexity index is 915. The molecule has 166 valence electrons. The van der Waals surface area contributed by atoms with Gasteiger partial charge in [0.25, 0.3) is 0 Å². The Morgan fingerprint density at radius 1 is 1.03 bits per heavy atom. The van der Waals surface area contributed by atoms with Crippen LogP contribution in [0.2, 0.25) is 0 Å². The third kappa shape index (κ3) is 4.12. The summed E-state index contributed by atoms with van der Waals surface area (Å²) in [5.41, 5.74) is 4.72. The molecule has 0 spiro atoms. The molecule has 2 aliphatic carbocycles. The number of ether oxygens (including phenoxy) is 1. The SMILES string of the molecule is CC(=O)C[C@@H](C)O[C@@H](c1ccccc1)[C@H]1CC[C@]2(C)c3ccccc3CCC2C1(C)C. The maximum atomic E-state index is 11.7. The summed E-state index contributed by atoms with van der Waals surface area (Å²) in [6.45, 7) is 11.2. The summed E-state index contributed by atoms with van der Waals surface area (Å²) >= 11 is 0. The van der Waals surface area contributed by atoms with Crippen molar-refractivity contribution in [1.82, 2.24) is 0 Å². The van der Waals surface area contributed by atoms with Crippen molar-refractivity contribution in [3.05, 3.63) is 71.3 Å². The lowest BCUT2D eigenvalue weighted by molar-refractivity contribution is -0.131. The van der Waals surface area contributed by atoms with Gasteiger partial charge < -0.3 is 4.74 Å². The number of aryl methyl sites for hydroxylation is 1. The third-order valence-corrected chi connectivity index (χ3v) is 8.38. The number of fused-ring (bicyclic) bond motifs is 3. The predicted molar refractivity (Wildman–Crippen MR) is 127 cm³/mol. The Hall–Kier alpha value is -1.93. The van der Waals surface area contributed by atoms with E-state index in [-0.39, 0.29) is 28.8 Å². The highest BCUT2D eigenvalue weighted by Gasteiger charge is 2.55. The van der Waals surface area contributed by atoms with Crippen molar-refractivity contribution in [1.29, 1.82) is 0 Å². The normalized spacial score (nSPS) is 28.8. The molecular formula is C29H38O2. The van der Waals surface area contributed by atoms with E-state index in [4.69, 9.17) is 4.74 Å². The highest BCUT2D eigenvalue weighted by atomic mass is 16.5. The van der Waals surface area contributed by atoms with Crippen molar-refractivity contribution in [2.24, 2.45) is 17.3 Å². The van der Waals surface area contributed by atoms with Crippen molar-refractivity contribution < 1.29 is 9.53 Å². The van der Waals surface area contributed by atoms with Crippen molar-refractivity contribution >= 4 is 5.78 Å². The Morgan fingerprint density at radius 3 is 2.42 bits per heavy atom. The van der Waals surface area contributed by atoms with E-state index in [2.05, 4.69) is 75.4 Å². The summed E-state index contributed by atoms with van der Waals surface area (Å²) in [5.74, 6) is 1.23. The quantitative estimate of drug-likeness (QED) is 0.501. The minimum atomic E-state index is -0.0705. The van der Waals surface area contributed by atoms with Crippen LogP contribution in [0, 0.1) is 17.3 Å². The fraction of sp³-hybridized carbons (Fsp3) is 0.552. The predicted octanol–water partition coefficient (Wildman–Crippen LogP) is 7.07. The van der Waals surface area contributed by atoms with Crippen molar-refractivity contribution in [3.63, 3.8) is 0 Å². The minimum absolute atomic E-state index is 0.0206. The lowest BCUT2D eigenvalue weighted by Gasteiger charge is -2.59. The number of Topliss-reactive ketones (excluding diaryl/α,β-unsaturated/α-hetero) is 1. The molecule has 0 heterocycles. The highest BCUT2D eigenvalue weighted by Crippen LogP contribution is 2.61. The van der Waals surface area contributed by atoms with E-state index in [0.29, 0.717) is 18.3 Å². The lowest BCUT2D eigenvalue weighted by Crippen LogP contribution is -2.53. The zero-order valence-corrected chi connectivity index (χ0v) is 19.9. The minimum Gasteiger partial charge on any atom is -0.370 e. The molecule has 0 N–H and O–H groups in total. The second-order valence-electron chi connectivity index (χ2n) is 10.8. The molecule has 0 saturated heterocycles. The topological polar surface area (TPSA) is 26.3 Å². The Kier molecular flexibility index (Phi) is 6.14. The highest BCUT2D eigenvalue weighted by molar-refractivity contribution is 5.75. The molecule has 2 aromatic rings. The molecule has 1 saturated carbocycles. The van der Waals surface area contributed by atoms with Gasteiger partial charge in [0.05, 0.1) is 12.2 Å². The van der Waals surface area contributed by atoms with E-state index in [1.54, 1.807) is 18.1 Å². The van der Waals surface area contributed by atoms with Gasteiger partial charge >= 0.3 is 0 Å². The van der Waals surface area contributed by atoms with Crippen molar-refractivity contribution in [2.45, 2.75) is 84.3 Å². The van der Waals surface area contributed by atoms with E-state index in [9.17, 15) is 4.79 Å². The van der Waals surface area contributed by atoms with Crippen LogP contribution in [-0.2, 0) is 21.4 Å². The second kappa shape index (κ2) is 8.54. The van der Waals surface area contributed by atoms with E-state index in [0.717, 1.165) is 6.42 Å². The molecule has 2 nitrogen and oxygen atoms in total. The molecular weight excluding hydrogens is 380 g/mol. The van der Waals surface area contributed by atoms with Crippen LogP contribution in [0.5, 0.6) is 0 Å². The van der Waals surface area contributed by atoms with Gasteiger partial charge in [-0.2, -0.15) is 0 Å². The molecule has 5 atom stereocenters. The summed E-state index contributed by atoms with van der Waals surface area (Å²) < 4.78 is 6.68. The molecule has 0 radical (unpaired) electrons. The van der Waals surface area contributed by atoms with Gasteiger partial charge in [-0.15, -0.1) is 0 Å². The van der Waals surface area contributed by atoms with Gasteiger partial charge in [-0.25, -0.2) is 0 Å². The number of hydrogen-bond donors (Lipinski definition) is 0. The van der Waals surface area contributed by atoms with Gasteiger partial charge in [0.15, 0.2) is 0 Å². The maximum Gasteiger partial charge on any atom is 0.132 e. The van der Waals surface area contributed by atoms with E-state index in [1.165, 1.54) is 24.8 Å². The largest absolute Gasteiger partial charge is 0.370 e. The molecule has 2 aliphatic rings. The number of ketones is 1. The van der Waals surface area contributed by atoms with Crippen LogP contribution >= 0.6 is 0 Å². The monoisotopic (exact) mass is 418 g/mol. The first-order valence-electron chi connectivity index (χ1n) is 12.0. The molecule has 0 amide bonds. The van der Waals surface area contributed by atoms with Crippen LogP contribution in [0.4, 0.5) is 0 Å². The summed E-state index contributed by atoms with van der Waals surface area (Å²) in [6.07, 6.45) is 5.17.